The number of hydrogen-bond donors (Lipinski definition) is 1. The first kappa shape index (κ1) is 29.7. The van der Waals surface area contributed by atoms with Gasteiger partial charge in [0, 0.05) is 17.2 Å². The SMILES string of the molecule is CC(C)C(C)(c1ccc(-c2noc(C(C)(C)NC(=O)OC(C)(C)C)n2)cc1)c1ccc(OCc2ccccn2)cn1. The molecule has 0 bridgehead atoms. The number of pyridine rings is 2. The summed E-state index contributed by atoms with van der Waals surface area (Å²) in [4.78, 5) is 25.9. The molecule has 4 aromatic rings. The van der Waals surface area contributed by atoms with Crippen LogP contribution in [0.3, 0.4) is 0 Å². The highest BCUT2D eigenvalue weighted by atomic mass is 16.6. The second-order valence-electron chi connectivity index (χ2n) is 12.1. The molecule has 1 aromatic carbocycles. The number of ether oxygens (including phenoxy) is 2. The van der Waals surface area contributed by atoms with Gasteiger partial charge in [0.15, 0.2) is 0 Å². The van der Waals surface area contributed by atoms with Crippen LogP contribution in [0.5, 0.6) is 5.75 Å². The molecular weight excluding hydrogens is 518 g/mol. The molecule has 0 spiro atoms. The van der Waals surface area contributed by atoms with Crippen LogP contribution in [-0.2, 0) is 22.3 Å². The van der Waals surface area contributed by atoms with Gasteiger partial charge in [0.1, 0.15) is 23.5 Å². The largest absolute Gasteiger partial charge is 0.486 e. The third-order valence-electron chi connectivity index (χ3n) is 7.05. The number of amides is 1. The van der Waals surface area contributed by atoms with Crippen molar-refractivity contribution in [1.29, 1.82) is 0 Å². The average Bonchev–Trinajstić information content (AvgIpc) is 3.43. The van der Waals surface area contributed by atoms with E-state index >= 15 is 0 Å². The van der Waals surface area contributed by atoms with E-state index in [1.165, 1.54) is 0 Å². The summed E-state index contributed by atoms with van der Waals surface area (Å²) in [6.45, 7) is 15.9. The van der Waals surface area contributed by atoms with Gasteiger partial charge in [-0.15, -0.1) is 0 Å². The Labute approximate surface area is 241 Å². The van der Waals surface area contributed by atoms with Crippen molar-refractivity contribution in [3.8, 4) is 17.1 Å². The summed E-state index contributed by atoms with van der Waals surface area (Å²) >= 11 is 0. The summed E-state index contributed by atoms with van der Waals surface area (Å²) in [5.74, 6) is 1.67. The van der Waals surface area contributed by atoms with Crippen molar-refractivity contribution in [2.45, 2.75) is 78.6 Å². The minimum atomic E-state index is -0.914. The van der Waals surface area contributed by atoms with Gasteiger partial charge in [-0.25, -0.2) is 4.79 Å². The first-order valence-corrected chi connectivity index (χ1v) is 13.7. The molecule has 0 aliphatic carbocycles. The Kier molecular flexibility index (Phi) is 8.47. The summed E-state index contributed by atoms with van der Waals surface area (Å²) in [5, 5.41) is 6.96. The Bertz CT molecular complexity index is 1440. The van der Waals surface area contributed by atoms with Gasteiger partial charge >= 0.3 is 6.09 Å². The molecular formula is C32H39N5O4. The van der Waals surface area contributed by atoms with E-state index in [1.54, 1.807) is 26.2 Å². The van der Waals surface area contributed by atoms with E-state index in [2.05, 4.69) is 53.3 Å². The molecule has 4 rings (SSSR count). The average molecular weight is 558 g/mol. The Hall–Kier alpha value is -4.27. The van der Waals surface area contributed by atoms with E-state index in [1.807, 2.05) is 63.2 Å². The zero-order valence-electron chi connectivity index (χ0n) is 25.1. The summed E-state index contributed by atoms with van der Waals surface area (Å²) in [6.07, 6.45) is 2.96. The first-order valence-electron chi connectivity index (χ1n) is 13.7. The molecule has 0 saturated carbocycles. The molecule has 3 aromatic heterocycles. The number of hydrogen-bond acceptors (Lipinski definition) is 8. The Morgan fingerprint density at radius 3 is 2.27 bits per heavy atom. The van der Waals surface area contributed by atoms with E-state index in [4.69, 9.17) is 19.0 Å². The van der Waals surface area contributed by atoms with E-state index < -0.39 is 17.2 Å². The topological polar surface area (TPSA) is 112 Å². The number of alkyl carbamates (subject to hydrolysis) is 1. The Balaban J connectivity index is 1.49. The molecule has 0 aliphatic heterocycles. The first-order chi connectivity index (χ1) is 19.3. The molecule has 41 heavy (non-hydrogen) atoms. The summed E-state index contributed by atoms with van der Waals surface area (Å²) < 4.78 is 16.8. The van der Waals surface area contributed by atoms with E-state index in [9.17, 15) is 4.79 Å². The molecule has 1 amide bonds. The summed E-state index contributed by atoms with van der Waals surface area (Å²) in [6, 6.07) is 17.8. The number of nitrogens with zero attached hydrogens (tertiary/aromatic N) is 4. The van der Waals surface area contributed by atoms with Gasteiger partial charge in [-0.3, -0.25) is 9.97 Å². The normalized spacial score (nSPS) is 13.5. The molecule has 216 valence electrons. The fraction of sp³-hybridized carbons (Fsp3) is 0.406. The minimum Gasteiger partial charge on any atom is -0.486 e. The van der Waals surface area contributed by atoms with Gasteiger partial charge in [-0.05, 0) is 77.3 Å². The number of benzene rings is 1. The predicted molar refractivity (Wildman–Crippen MR) is 156 cm³/mol. The number of aromatic nitrogens is 4. The van der Waals surface area contributed by atoms with Crippen LogP contribution in [0.1, 0.15) is 78.2 Å². The maximum Gasteiger partial charge on any atom is 0.408 e. The lowest BCUT2D eigenvalue weighted by atomic mass is 9.70. The highest BCUT2D eigenvalue weighted by Gasteiger charge is 2.35. The van der Waals surface area contributed by atoms with Crippen LogP contribution in [0.2, 0.25) is 0 Å². The summed E-state index contributed by atoms with van der Waals surface area (Å²) in [5.41, 5.74) is 1.85. The monoisotopic (exact) mass is 557 g/mol. The van der Waals surface area contributed by atoms with Gasteiger partial charge in [-0.2, -0.15) is 4.98 Å². The predicted octanol–water partition coefficient (Wildman–Crippen LogP) is 6.83. The van der Waals surface area contributed by atoms with Crippen LogP contribution in [-0.4, -0.2) is 31.8 Å². The third kappa shape index (κ3) is 7.09. The lowest BCUT2D eigenvalue weighted by Crippen LogP contribution is -2.44. The zero-order valence-corrected chi connectivity index (χ0v) is 25.1. The standard InChI is InChI=1S/C32H39N5O4/c1-21(2)32(8,26-17-16-25(19-34-26)39-20-24-11-9-10-18-33-24)23-14-12-22(13-15-23)27-35-28(41-37-27)31(6,7)36-29(38)40-30(3,4)5/h9-19,21H,20H2,1-8H3,(H,36,38). The highest BCUT2D eigenvalue weighted by molar-refractivity contribution is 5.68. The smallest absolute Gasteiger partial charge is 0.408 e. The molecule has 3 heterocycles. The van der Waals surface area contributed by atoms with Gasteiger partial charge in [0.2, 0.25) is 5.82 Å². The summed E-state index contributed by atoms with van der Waals surface area (Å²) in [7, 11) is 0. The molecule has 1 N–H and O–H groups in total. The van der Waals surface area contributed by atoms with Crippen molar-refractivity contribution in [3.63, 3.8) is 0 Å². The van der Waals surface area contributed by atoms with Crippen molar-refractivity contribution < 1.29 is 18.8 Å². The van der Waals surface area contributed by atoms with Crippen LogP contribution in [0.25, 0.3) is 11.4 Å². The fourth-order valence-corrected chi connectivity index (χ4v) is 4.36. The van der Waals surface area contributed by atoms with Crippen LogP contribution in [0.4, 0.5) is 4.79 Å². The number of rotatable bonds is 9. The molecule has 0 fully saturated rings. The molecule has 1 unspecified atom stereocenters. The molecule has 9 nitrogen and oxygen atoms in total. The maximum absolute atomic E-state index is 12.3. The molecule has 0 saturated heterocycles. The van der Waals surface area contributed by atoms with Gasteiger partial charge in [0.25, 0.3) is 5.89 Å². The lowest BCUT2D eigenvalue weighted by molar-refractivity contribution is 0.0452. The fourth-order valence-electron chi connectivity index (χ4n) is 4.36. The highest BCUT2D eigenvalue weighted by Crippen LogP contribution is 2.39. The lowest BCUT2D eigenvalue weighted by Gasteiger charge is -2.34. The second-order valence-corrected chi connectivity index (χ2v) is 12.1. The van der Waals surface area contributed by atoms with E-state index in [0.717, 1.165) is 22.5 Å². The Morgan fingerprint density at radius 2 is 1.68 bits per heavy atom. The third-order valence-corrected chi connectivity index (χ3v) is 7.05. The van der Waals surface area contributed by atoms with E-state index in [0.29, 0.717) is 18.2 Å². The minimum absolute atomic E-state index is 0.262. The van der Waals surface area contributed by atoms with Crippen molar-refractivity contribution >= 4 is 6.09 Å². The van der Waals surface area contributed by atoms with Crippen molar-refractivity contribution in [1.82, 2.24) is 25.4 Å². The van der Waals surface area contributed by atoms with Crippen LogP contribution >= 0.6 is 0 Å². The molecule has 9 heteroatoms. The number of nitrogens with one attached hydrogen (secondary N) is 1. The van der Waals surface area contributed by atoms with Gasteiger partial charge < -0.3 is 19.3 Å². The van der Waals surface area contributed by atoms with Crippen molar-refractivity contribution in [2.75, 3.05) is 0 Å². The maximum atomic E-state index is 12.3. The number of carbonyl (C=O) groups is 1. The Morgan fingerprint density at radius 1 is 0.951 bits per heavy atom. The van der Waals surface area contributed by atoms with Gasteiger partial charge in [0.05, 0.1) is 17.6 Å². The number of carbonyl (C=O) groups excluding carboxylic acids is 1. The molecule has 0 aliphatic rings. The van der Waals surface area contributed by atoms with Crippen molar-refractivity contribution in [2.24, 2.45) is 5.92 Å². The van der Waals surface area contributed by atoms with Crippen LogP contribution in [0.15, 0.2) is 71.5 Å². The van der Waals surface area contributed by atoms with Gasteiger partial charge in [-0.1, -0.05) is 49.3 Å². The van der Waals surface area contributed by atoms with Crippen LogP contribution in [0, 0.1) is 5.92 Å². The molecule has 1 atom stereocenters. The van der Waals surface area contributed by atoms with E-state index in [-0.39, 0.29) is 17.2 Å². The quantitative estimate of drug-likeness (QED) is 0.238. The zero-order chi connectivity index (χ0) is 29.8. The second kappa shape index (κ2) is 11.7. The molecule has 0 radical (unpaired) electrons. The van der Waals surface area contributed by atoms with Crippen LogP contribution < -0.4 is 10.1 Å². The van der Waals surface area contributed by atoms with Crippen molar-refractivity contribution in [3.05, 3.63) is 89.8 Å².